The Balaban J connectivity index is 2.44. The van der Waals surface area contributed by atoms with Crippen LogP contribution in [0.2, 0.25) is 5.02 Å². The van der Waals surface area contributed by atoms with Gasteiger partial charge in [-0.1, -0.05) is 18.5 Å². The summed E-state index contributed by atoms with van der Waals surface area (Å²) < 4.78 is 31.9. The quantitative estimate of drug-likeness (QED) is 0.621. The number of nitrogens with zero attached hydrogens (tertiary/aromatic N) is 2. The van der Waals surface area contributed by atoms with E-state index >= 15 is 0 Å². The highest BCUT2D eigenvalue weighted by Gasteiger charge is 2.35. The van der Waals surface area contributed by atoms with Crippen LogP contribution in [0.3, 0.4) is 0 Å². The van der Waals surface area contributed by atoms with Gasteiger partial charge in [-0.05, 0) is 18.6 Å². The first-order valence-corrected chi connectivity index (χ1v) is 8.23. The van der Waals surface area contributed by atoms with Crippen molar-refractivity contribution in [2.24, 2.45) is 0 Å². The van der Waals surface area contributed by atoms with Gasteiger partial charge < -0.3 is 4.74 Å². The molecule has 0 aliphatic carbocycles. The molecule has 1 aliphatic rings. The summed E-state index contributed by atoms with van der Waals surface area (Å²) in [5, 5.41) is 11.2. The number of sulfonamides is 1. The minimum Gasteiger partial charge on any atom is -0.375 e. The molecule has 2 rings (SSSR count). The summed E-state index contributed by atoms with van der Waals surface area (Å²) in [6, 6.07) is 3.52. The maximum Gasteiger partial charge on any atom is 0.289 e. The molecule has 0 spiro atoms. The number of benzene rings is 1. The first-order chi connectivity index (χ1) is 9.86. The predicted molar refractivity (Wildman–Crippen MR) is 76.9 cm³/mol. The fourth-order valence-corrected chi connectivity index (χ4v) is 4.02. The van der Waals surface area contributed by atoms with Crippen LogP contribution in [-0.2, 0) is 14.8 Å². The Morgan fingerprint density at radius 3 is 2.86 bits per heavy atom. The average molecular weight is 335 g/mol. The topological polar surface area (TPSA) is 89.8 Å². The van der Waals surface area contributed by atoms with Crippen LogP contribution in [0.5, 0.6) is 0 Å². The number of morpholine rings is 1. The van der Waals surface area contributed by atoms with E-state index in [1.54, 1.807) is 0 Å². The highest BCUT2D eigenvalue weighted by atomic mass is 35.5. The van der Waals surface area contributed by atoms with Gasteiger partial charge in [0.05, 0.1) is 17.6 Å². The lowest BCUT2D eigenvalue weighted by Crippen LogP contribution is -2.45. The molecule has 1 fully saturated rings. The van der Waals surface area contributed by atoms with Gasteiger partial charge in [-0.25, -0.2) is 8.42 Å². The Morgan fingerprint density at radius 1 is 1.52 bits per heavy atom. The molecule has 1 heterocycles. The van der Waals surface area contributed by atoms with Gasteiger partial charge in [-0.3, -0.25) is 10.1 Å². The summed E-state index contributed by atoms with van der Waals surface area (Å²) in [5.74, 6) is 0. The molecule has 0 saturated carbocycles. The van der Waals surface area contributed by atoms with Crippen molar-refractivity contribution in [1.29, 1.82) is 0 Å². The van der Waals surface area contributed by atoms with Gasteiger partial charge >= 0.3 is 0 Å². The zero-order valence-electron chi connectivity index (χ0n) is 11.4. The third-order valence-electron chi connectivity index (χ3n) is 3.29. The maximum absolute atomic E-state index is 12.6. The molecule has 0 amide bonds. The Hall–Kier alpha value is -1.22. The van der Waals surface area contributed by atoms with Crippen molar-refractivity contribution in [2.45, 2.75) is 24.3 Å². The summed E-state index contributed by atoms with van der Waals surface area (Å²) in [5.41, 5.74) is -0.473. The summed E-state index contributed by atoms with van der Waals surface area (Å²) in [7, 11) is -3.98. The molecule has 21 heavy (non-hydrogen) atoms. The molecular weight excluding hydrogens is 320 g/mol. The largest absolute Gasteiger partial charge is 0.375 e. The number of hydrogen-bond donors (Lipinski definition) is 0. The van der Waals surface area contributed by atoms with Crippen LogP contribution < -0.4 is 0 Å². The molecule has 1 aromatic carbocycles. The van der Waals surface area contributed by atoms with Crippen LogP contribution in [0.4, 0.5) is 5.69 Å². The van der Waals surface area contributed by atoms with Crippen molar-refractivity contribution >= 4 is 27.3 Å². The van der Waals surface area contributed by atoms with Crippen LogP contribution in [-0.4, -0.2) is 43.4 Å². The third-order valence-corrected chi connectivity index (χ3v) is 5.42. The van der Waals surface area contributed by atoms with E-state index in [9.17, 15) is 18.5 Å². The fraction of sp³-hybridized carbons (Fsp3) is 0.500. The van der Waals surface area contributed by atoms with E-state index in [2.05, 4.69) is 0 Å². The molecule has 9 heteroatoms. The van der Waals surface area contributed by atoms with Crippen molar-refractivity contribution in [1.82, 2.24) is 4.31 Å². The zero-order valence-corrected chi connectivity index (χ0v) is 12.9. The number of nitro groups is 1. The van der Waals surface area contributed by atoms with Gasteiger partial charge in [0.15, 0.2) is 4.90 Å². The Morgan fingerprint density at radius 2 is 2.24 bits per heavy atom. The molecule has 116 valence electrons. The standard InChI is InChI=1S/C12H15ClN2O5S/c1-2-10-8-14(5-6-20-10)21(18,19)12-7-9(13)3-4-11(12)15(16)17/h3-4,7,10H,2,5-6,8H2,1H3/t10-/m1/s1. The first kappa shape index (κ1) is 16.2. The average Bonchev–Trinajstić information content (AvgIpc) is 2.46. The number of hydrogen-bond acceptors (Lipinski definition) is 5. The molecule has 1 saturated heterocycles. The monoisotopic (exact) mass is 334 g/mol. The molecule has 0 aromatic heterocycles. The third kappa shape index (κ3) is 3.34. The summed E-state index contributed by atoms with van der Waals surface area (Å²) >= 11 is 5.79. The Kier molecular flexibility index (Phi) is 4.82. The lowest BCUT2D eigenvalue weighted by Gasteiger charge is -2.31. The Bertz CT molecular complexity index is 649. The second-order valence-electron chi connectivity index (χ2n) is 4.63. The fourth-order valence-electron chi connectivity index (χ4n) is 2.14. The molecule has 0 N–H and O–H groups in total. The molecule has 0 radical (unpaired) electrons. The molecule has 0 bridgehead atoms. The van der Waals surface area contributed by atoms with Crippen molar-refractivity contribution in [2.75, 3.05) is 19.7 Å². The number of nitro benzene ring substituents is 1. The molecule has 0 unspecified atom stereocenters. The summed E-state index contributed by atoms with van der Waals surface area (Å²) in [6.45, 7) is 2.51. The Labute approximate surface area is 127 Å². The summed E-state index contributed by atoms with van der Waals surface area (Å²) in [4.78, 5) is 9.94. The van der Waals surface area contributed by atoms with Crippen LogP contribution in [0.15, 0.2) is 23.1 Å². The molecule has 1 aliphatic heterocycles. The highest BCUT2D eigenvalue weighted by molar-refractivity contribution is 7.89. The van der Waals surface area contributed by atoms with Gasteiger partial charge in [0.25, 0.3) is 5.69 Å². The van der Waals surface area contributed by atoms with E-state index < -0.39 is 20.6 Å². The van der Waals surface area contributed by atoms with E-state index in [1.807, 2.05) is 6.92 Å². The normalized spacial score (nSPS) is 20.4. The SMILES string of the molecule is CC[C@@H]1CN(S(=O)(=O)c2cc(Cl)ccc2[N+](=O)[O-])CCO1. The van der Waals surface area contributed by atoms with E-state index in [1.165, 1.54) is 10.4 Å². The van der Waals surface area contributed by atoms with E-state index in [-0.39, 0.29) is 35.7 Å². The van der Waals surface area contributed by atoms with Crippen LogP contribution >= 0.6 is 11.6 Å². The van der Waals surface area contributed by atoms with Gasteiger partial charge in [0.2, 0.25) is 10.0 Å². The van der Waals surface area contributed by atoms with Crippen LogP contribution in [0.1, 0.15) is 13.3 Å². The van der Waals surface area contributed by atoms with E-state index in [4.69, 9.17) is 16.3 Å². The van der Waals surface area contributed by atoms with Crippen molar-refractivity contribution < 1.29 is 18.1 Å². The van der Waals surface area contributed by atoms with Gasteiger partial charge in [-0.15, -0.1) is 0 Å². The minimum atomic E-state index is -3.98. The van der Waals surface area contributed by atoms with Crippen LogP contribution in [0, 0.1) is 10.1 Å². The predicted octanol–water partition coefficient (Wildman–Crippen LogP) is 2.05. The summed E-state index contributed by atoms with van der Waals surface area (Å²) in [6.07, 6.45) is 0.468. The van der Waals surface area contributed by atoms with Gasteiger partial charge in [-0.2, -0.15) is 4.31 Å². The van der Waals surface area contributed by atoms with Crippen molar-refractivity contribution in [3.05, 3.63) is 33.3 Å². The minimum absolute atomic E-state index is 0.138. The van der Waals surface area contributed by atoms with Crippen molar-refractivity contribution in [3.63, 3.8) is 0 Å². The maximum atomic E-state index is 12.6. The molecule has 1 aromatic rings. The molecular formula is C12H15ClN2O5S. The first-order valence-electron chi connectivity index (χ1n) is 6.42. The van der Waals surface area contributed by atoms with E-state index in [0.717, 1.165) is 12.1 Å². The smallest absolute Gasteiger partial charge is 0.289 e. The molecule has 1 atom stereocenters. The highest BCUT2D eigenvalue weighted by Crippen LogP contribution is 2.30. The number of halogens is 1. The van der Waals surface area contributed by atoms with Crippen molar-refractivity contribution in [3.8, 4) is 0 Å². The van der Waals surface area contributed by atoms with Gasteiger partial charge in [0, 0.05) is 24.2 Å². The zero-order chi connectivity index (χ0) is 15.6. The number of ether oxygens (including phenoxy) is 1. The molecule has 7 nitrogen and oxygen atoms in total. The van der Waals surface area contributed by atoms with Gasteiger partial charge in [0.1, 0.15) is 0 Å². The second-order valence-corrected chi connectivity index (χ2v) is 6.98. The number of rotatable bonds is 4. The lowest BCUT2D eigenvalue weighted by atomic mass is 10.2. The van der Waals surface area contributed by atoms with E-state index in [0.29, 0.717) is 6.42 Å². The lowest BCUT2D eigenvalue weighted by molar-refractivity contribution is -0.387. The van der Waals surface area contributed by atoms with Crippen LogP contribution in [0.25, 0.3) is 0 Å². The second kappa shape index (κ2) is 6.27.